The van der Waals surface area contributed by atoms with E-state index in [1.165, 1.54) is 31.4 Å². The molecule has 2 aromatic rings. The Morgan fingerprint density at radius 1 is 0.971 bits per heavy atom. The monoisotopic (exact) mass is 503 g/mol. The van der Waals surface area contributed by atoms with Gasteiger partial charge in [-0.15, -0.1) is 0 Å². The summed E-state index contributed by atoms with van der Waals surface area (Å²) in [4.78, 5) is 27.5. The second kappa shape index (κ2) is 12.6. The zero-order valence-electron chi connectivity index (χ0n) is 20.2. The molecule has 1 fully saturated rings. The number of sulfonamides is 1. The van der Waals surface area contributed by atoms with Crippen molar-refractivity contribution in [1.29, 1.82) is 0 Å². The van der Waals surface area contributed by atoms with Crippen LogP contribution in [0.25, 0.3) is 0 Å². The van der Waals surface area contributed by atoms with E-state index in [0.29, 0.717) is 38.4 Å². The van der Waals surface area contributed by atoms with Crippen LogP contribution in [-0.2, 0) is 14.8 Å². The summed E-state index contributed by atoms with van der Waals surface area (Å²) in [5.74, 6) is -0.336. The highest BCUT2D eigenvalue weighted by Gasteiger charge is 2.25. The lowest BCUT2D eigenvalue weighted by molar-refractivity contribution is 0.0757. The molecular weight excluding hydrogens is 470 g/mol. The van der Waals surface area contributed by atoms with Gasteiger partial charge in [-0.1, -0.05) is 25.0 Å². The van der Waals surface area contributed by atoms with Crippen LogP contribution in [0, 0.1) is 0 Å². The number of rotatable bonds is 10. The summed E-state index contributed by atoms with van der Waals surface area (Å²) in [6.45, 7) is 2.16. The van der Waals surface area contributed by atoms with Crippen LogP contribution in [0.15, 0.2) is 47.4 Å². The third kappa shape index (κ3) is 6.95. The number of para-hydroxylation sites is 1. The van der Waals surface area contributed by atoms with Crippen molar-refractivity contribution in [2.24, 2.45) is 0 Å². The van der Waals surface area contributed by atoms with Crippen molar-refractivity contribution < 1.29 is 27.5 Å². The Hall–Kier alpha value is -3.11. The lowest BCUT2D eigenvalue weighted by atomic mass is 10.1. The summed E-state index contributed by atoms with van der Waals surface area (Å²) in [5.41, 5.74) is 0.539. The molecule has 1 aliphatic rings. The second-order valence-corrected chi connectivity index (χ2v) is 10.0. The molecule has 0 aliphatic carbocycles. The first-order valence-corrected chi connectivity index (χ1v) is 13.2. The van der Waals surface area contributed by atoms with Crippen molar-refractivity contribution in [3.8, 4) is 5.75 Å². The SMILES string of the molecule is COCCCNC(=O)c1ccccc1NS(=O)(=O)c1ccc(OC)c(C(=O)N2CCCCCC2)c1. The molecule has 2 N–H and O–H groups in total. The first kappa shape index (κ1) is 26.5. The molecule has 2 amide bonds. The van der Waals surface area contributed by atoms with E-state index in [1.54, 1.807) is 30.2 Å². The Labute approximate surface area is 206 Å². The summed E-state index contributed by atoms with van der Waals surface area (Å²) in [6.07, 6.45) is 4.60. The fraction of sp³-hybridized carbons (Fsp3) is 0.440. The van der Waals surface area contributed by atoms with Gasteiger partial charge in [-0.3, -0.25) is 14.3 Å². The molecule has 0 bridgehead atoms. The summed E-state index contributed by atoms with van der Waals surface area (Å²) < 4.78 is 39.3. The molecule has 190 valence electrons. The number of hydrogen-bond acceptors (Lipinski definition) is 6. The molecule has 9 nitrogen and oxygen atoms in total. The van der Waals surface area contributed by atoms with Crippen molar-refractivity contribution in [3.05, 3.63) is 53.6 Å². The number of methoxy groups -OCH3 is 2. The van der Waals surface area contributed by atoms with Crippen LogP contribution in [-0.4, -0.2) is 65.6 Å². The average molecular weight is 504 g/mol. The quantitative estimate of drug-likeness (QED) is 0.481. The van der Waals surface area contributed by atoms with Crippen LogP contribution in [0.2, 0.25) is 0 Å². The minimum absolute atomic E-state index is 0.0909. The van der Waals surface area contributed by atoms with Gasteiger partial charge in [-0.25, -0.2) is 8.42 Å². The van der Waals surface area contributed by atoms with Crippen molar-refractivity contribution in [3.63, 3.8) is 0 Å². The first-order chi connectivity index (χ1) is 16.9. The molecule has 0 atom stereocenters. The number of carbonyl (C=O) groups is 2. The third-order valence-corrected chi connectivity index (χ3v) is 7.19. The molecule has 2 aromatic carbocycles. The number of nitrogens with one attached hydrogen (secondary N) is 2. The zero-order valence-corrected chi connectivity index (χ0v) is 21.0. The van der Waals surface area contributed by atoms with Crippen LogP contribution in [0.1, 0.15) is 52.8 Å². The minimum atomic E-state index is -4.09. The van der Waals surface area contributed by atoms with Gasteiger partial charge in [-0.05, 0) is 49.6 Å². The van der Waals surface area contributed by atoms with Gasteiger partial charge < -0.3 is 19.7 Å². The molecule has 10 heteroatoms. The van der Waals surface area contributed by atoms with Gasteiger partial charge in [0.1, 0.15) is 5.75 Å². The number of likely N-dealkylation sites (tertiary alicyclic amines) is 1. The van der Waals surface area contributed by atoms with Gasteiger partial charge in [-0.2, -0.15) is 0 Å². The summed E-state index contributed by atoms with van der Waals surface area (Å²) in [6, 6.07) is 10.6. The van der Waals surface area contributed by atoms with Crippen molar-refractivity contribution in [2.75, 3.05) is 45.2 Å². The Kier molecular flexibility index (Phi) is 9.50. The fourth-order valence-electron chi connectivity index (χ4n) is 3.95. The molecule has 0 spiro atoms. The van der Waals surface area contributed by atoms with Gasteiger partial charge in [0.15, 0.2) is 0 Å². The predicted octanol–water partition coefficient (Wildman–Crippen LogP) is 3.28. The van der Waals surface area contributed by atoms with E-state index in [9.17, 15) is 18.0 Å². The van der Waals surface area contributed by atoms with Gasteiger partial charge in [0.25, 0.3) is 21.8 Å². The van der Waals surface area contributed by atoms with Crippen LogP contribution in [0.3, 0.4) is 0 Å². The van der Waals surface area contributed by atoms with E-state index in [-0.39, 0.29) is 27.6 Å². The van der Waals surface area contributed by atoms with Crippen LogP contribution in [0.4, 0.5) is 5.69 Å². The third-order valence-electron chi connectivity index (χ3n) is 5.83. The highest BCUT2D eigenvalue weighted by atomic mass is 32.2. The Morgan fingerprint density at radius 3 is 2.37 bits per heavy atom. The lowest BCUT2D eigenvalue weighted by Crippen LogP contribution is -2.32. The number of ether oxygens (including phenoxy) is 2. The first-order valence-electron chi connectivity index (χ1n) is 11.7. The predicted molar refractivity (Wildman–Crippen MR) is 133 cm³/mol. The molecule has 0 aromatic heterocycles. The number of nitrogens with zero attached hydrogens (tertiary/aromatic N) is 1. The molecule has 1 aliphatic heterocycles. The number of hydrogen-bond donors (Lipinski definition) is 2. The van der Waals surface area contributed by atoms with E-state index in [1.807, 2.05) is 0 Å². The fourth-order valence-corrected chi connectivity index (χ4v) is 5.06. The van der Waals surface area contributed by atoms with Crippen molar-refractivity contribution in [2.45, 2.75) is 37.0 Å². The van der Waals surface area contributed by atoms with Gasteiger partial charge in [0, 0.05) is 33.4 Å². The summed E-state index contributed by atoms with van der Waals surface area (Å²) >= 11 is 0. The molecular formula is C25H33N3O6S. The van der Waals surface area contributed by atoms with E-state index < -0.39 is 15.9 Å². The van der Waals surface area contributed by atoms with E-state index in [2.05, 4.69) is 10.0 Å². The van der Waals surface area contributed by atoms with Crippen LogP contribution in [0.5, 0.6) is 5.75 Å². The molecule has 1 heterocycles. The van der Waals surface area contributed by atoms with E-state index in [4.69, 9.17) is 9.47 Å². The number of benzene rings is 2. The molecule has 0 unspecified atom stereocenters. The van der Waals surface area contributed by atoms with Crippen molar-refractivity contribution >= 4 is 27.5 Å². The minimum Gasteiger partial charge on any atom is -0.496 e. The topological polar surface area (TPSA) is 114 Å². The van der Waals surface area contributed by atoms with Crippen LogP contribution >= 0.6 is 0 Å². The normalized spacial score (nSPS) is 14.2. The standard InChI is InChI=1S/C25H33N3O6S/c1-33-17-9-14-26-24(29)20-10-5-6-11-22(20)27-35(31,32)19-12-13-23(34-2)21(18-19)25(30)28-15-7-3-4-8-16-28/h5-6,10-13,18,27H,3-4,7-9,14-17H2,1-2H3,(H,26,29). The Bertz CT molecular complexity index is 1130. The Balaban J connectivity index is 1.85. The maximum atomic E-state index is 13.3. The Morgan fingerprint density at radius 2 is 1.69 bits per heavy atom. The molecule has 3 rings (SSSR count). The lowest BCUT2D eigenvalue weighted by Gasteiger charge is -2.22. The number of amides is 2. The van der Waals surface area contributed by atoms with Crippen LogP contribution < -0.4 is 14.8 Å². The number of carbonyl (C=O) groups excluding carboxylic acids is 2. The molecule has 0 radical (unpaired) electrons. The van der Waals surface area contributed by atoms with Gasteiger partial charge in [0.2, 0.25) is 0 Å². The second-order valence-electron chi connectivity index (χ2n) is 8.32. The maximum Gasteiger partial charge on any atom is 0.261 e. The zero-order chi connectivity index (χ0) is 25.3. The number of anilines is 1. The highest BCUT2D eigenvalue weighted by Crippen LogP contribution is 2.27. The highest BCUT2D eigenvalue weighted by molar-refractivity contribution is 7.92. The smallest absolute Gasteiger partial charge is 0.261 e. The summed E-state index contributed by atoms with van der Waals surface area (Å²) in [5, 5.41) is 2.76. The maximum absolute atomic E-state index is 13.3. The van der Waals surface area contributed by atoms with E-state index >= 15 is 0 Å². The largest absolute Gasteiger partial charge is 0.496 e. The van der Waals surface area contributed by atoms with E-state index in [0.717, 1.165) is 25.7 Å². The molecule has 0 saturated carbocycles. The van der Waals surface area contributed by atoms with Gasteiger partial charge in [0.05, 0.1) is 28.8 Å². The molecule has 35 heavy (non-hydrogen) atoms. The average Bonchev–Trinajstić information content (AvgIpc) is 3.15. The molecule has 1 saturated heterocycles. The summed E-state index contributed by atoms with van der Waals surface area (Å²) in [7, 11) is -1.07. The van der Waals surface area contributed by atoms with Gasteiger partial charge >= 0.3 is 0 Å². The van der Waals surface area contributed by atoms with Crippen molar-refractivity contribution in [1.82, 2.24) is 10.2 Å².